The van der Waals surface area contributed by atoms with Crippen molar-refractivity contribution in [1.29, 1.82) is 0 Å². The summed E-state index contributed by atoms with van der Waals surface area (Å²) in [5.41, 5.74) is 1.38. The highest BCUT2D eigenvalue weighted by molar-refractivity contribution is 8.26. The van der Waals surface area contributed by atoms with Crippen molar-refractivity contribution in [3.8, 4) is 5.75 Å². The minimum atomic E-state index is -1.06. The molecular weight excluding hydrogens is 436 g/mol. The first kappa shape index (κ1) is 22.5. The van der Waals surface area contributed by atoms with Gasteiger partial charge in [0.15, 0.2) is 0 Å². The first-order valence-electron chi connectivity index (χ1n) is 9.40. The van der Waals surface area contributed by atoms with E-state index in [9.17, 15) is 14.4 Å². The number of carboxylic acid groups (broad SMARTS) is 1. The lowest BCUT2D eigenvalue weighted by Crippen LogP contribution is -2.29. The van der Waals surface area contributed by atoms with Crippen LogP contribution in [0.4, 0.5) is 5.69 Å². The number of carboxylic acids is 1. The quantitative estimate of drug-likeness (QED) is 0.458. The number of carbonyl (C=O) groups excluding carboxylic acids is 2. The van der Waals surface area contributed by atoms with Gasteiger partial charge in [0.05, 0.1) is 17.6 Å². The molecule has 2 aromatic carbocycles. The van der Waals surface area contributed by atoms with Gasteiger partial charge in [-0.1, -0.05) is 42.2 Å². The molecule has 1 aliphatic heterocycles. The Balaban J connectivity index is 1.53. The zero-order valence-electron chi connectivity index (χ0n) is 16.7. The van der Waals surface area contributed by atoms with Crippen LogP contribution in [0.2, 0.25) is 0 Å². The van der Waals surface area contributed by atoms with E-state index in [1.807, 2.05) is 24.3 Å². The molecule has 3 rings (SSSR count). The molecule has 0 unspecified atom stereocenters. The summed E-state index contributed by atoms with van der Waals surface area (Å²) in [6.07, 6.45) is 2.37. The summed E-state index contributed by atoms with van der Waals surface area (Å²) in [4.78, 5) is 37.9. The van der Waals surface area contributed by atoms with Crippen LogP contribution >= 0.6 is 24.0 Å². The number of methoxy groups -OCH3 is 1. The Hall–Kier alpha value is -3.17. The number of anilines is 1. The van der Waals surface area contributed by atoms with Crippen molar-refractivity contribution in [2.24, 2.45) is 0 Å². The Morgan fingerprint density at radius 2 is 1.97 bits per heavy atom. The lowest BCUT2D eigenvalue weighted by Gasteiger charge is -2.14. The van der Waals surface area contributed by atoms with Crippen LogP contribution in [0.1, 0.15) is 28.8 Å². The average molecular weight is 457 g/mol. The number of nitrogens with zero attached hydrogens (tertiary/aromatic N) is 1. The van der Waals surface area contributed by atoms with E-state index < -0.39 is 5.97 Å². The second-order valence-electron chi connectivity index (χ2n) is 6.64. The van der Waals surface area contributed by atoms with Crippen LogP contribution in [-0.2, 0) is 9.59 Å². The van der Waals surface area contributed by atoms with Gasteiger partial charge in [-0.3, -0.25) is 14.5 Å². The fourth-order valence-corrected chi connectivity index (χ4v) is 4.20. The van der Waals surface area contributed by atoms with Gasteiger partial charge in [-0.05, 0) is 48.4 Å². The molecule has 1 saturated heterocycles. The number of hydrogen-bond acceptors (Lipinski definition) is 6. The van der Waals surface area contributed by atoms with Crippen LogP contribution in [0.25, 0.3) is 6.08 Å². The molecule has 7 nitrogen and oxygen atoms in total. The minimum absolute atomic E-state index is 0.0963. The first-order chi connectivity index (χ1) is 14.9. The second kappa shape index (κ2) is 10.2. The van der Waals surface area contributed by atoms with E-state index in [4.69, 9.17) is 22.1 Å². The van der Waals surface area contributed by atoms with Crippen molar-refractivity contribution in [3.63, 3.8) is 0 Å². The molecule has 31 heavy (non-hydrogen) atoms. The fourth-order valence-electron chi connectivity index (χ4n) is 2.90. The topological polar surface area (TPSA) is 95.9 Å². The molecule has 1 fully saturated rings. The molecule has 0 radical (unpaired) electrons. The number of nitrogens with one attached hydrogen (secondary N) is 1. The average Bonchev–Trinajstić information content (AvgIpc) is 3.01. The predicted octanol–water partition coefficient (Wildman–Crippen LogP) is 4.01. The molecule has 2 amide bonds. The summed E-state index contributed by atoms with van der Waals surface area (Å²) in [6.45, 7) is 0.327. The molecule has 1 heterocycles. The van der Waals surface area contributed by atoms with Gasteiger partial charge in [-0.25, -0.2) is 4.79 Å². The monoisotopic (exact) mass is 456 g/mol. The maximum absolute atomic E-state index is 12.7. The molecule has 2 N–H and O–H groups in total. The number of carbonyl (C=O) groups is 3. The van der Waals surface area contributed by atoms with E-state index in [-0.39, 0.29) is 23.8 Å². The van der Waals surface area contributed by atoms with Gasteiger partial charge < -0.3 is 15.2 Å². The molecule has 1 aliphatic rings. The Morgan fingerprint density at radius 3 is 2.65 bits per heavy atom. The van der Waals surface area contributed by atoms with E-state index in [2.05, 4.69) is 5.32 Å². The van der Waals surface area contributed by atoms with E-state index in [0.29, 0.717) is 27.9 Å². The SMILES string of the molecule is COc1ccc(/C=C2\SC(=S)N(CCCC(=O)Nc3cccc(C(=O)O)c3)C2=O)cc1. The summed E-state index contributed by atoms with van der Waals surface area (Å²) in [5, 5.41) is 11.7. The molecular formula is C22H20N2O5S2. The van der Waals surface area contributed by atoms with Gasteiger partial charge in [-0.2, -0.15) is 0 Å². The summed E-state index contributed by atoms with van der Waals surface area (Å²) in [5.74, 6) is -0.770. The Labute approximate surface area is 189 Å². The van der Waals surface area contributed by atoms with E-state index >= 15 is 0 Å². The first-order valence-corrected chi connectivity index (χ1v) is 10.6. The predicted molar refractivity (Wildman–Crippen MR) is 124 cm³/mol. The molecule has 0 bridgehead atoms. The Morgan fingerprint density at radius 1 is 1.23 bits per heavy atom. The molecule has 0 saturated carbocycles. The third-order valence-corrected chi connectivity index (χ3v) is 5.84. The number of ether oxygens (including phenoxy) is 1. The second-order valence-corrected chi connectivity index (χ2v) is 8.32. The number of amides is 2. The van der Waals surface area contributed by atoms with Crippen LogP contribution in [0.5, 0.6) is 5.75 Å². The molecule has 2 aromatic rings. The van der Waals surface area contributed by atoms with Crippen LogP contribution in [-0.4, -0.2) is 45.8 Å². The zero-order valence-corrected chi connectivity index (χ0v) is 18.3. The Bertz CT molecular complexity index is 1050. The van der Waals surface area contributed by atoms with Gasteiger partial charge in [0.1, 0.15) is 10.1 Å². The smallest absolute Gasteiger partial charge is 0.335 e. The maximum atomic E-state index is 12.7. The molecule has 160 valence electrons. The number of hydrogen-bond donors (Lipinski definition) is 2. The van der Waals surface area contributed by atoms with Crippen molar-refractivity contribution in [2.45, 2.75) is 12.8 Å². The molecule has 9 heteroatoms. The van der Waals surface area contributed by atoms with E-state index in [1.54, 1.807) is 25.3 Å². The van der Waals surface area contributed by atoms with Gasteiger partial charge >= 0.3 is 5.97 Å². The number of thioether (sulfide) groups is 1. The summed E-state index contributed by atoms with van der Waals surface area (Å²) in [6, 6.07) is 13.4. The van der Waals surface area contributed by atoms with Crippen molar-refractivity contribution in [1.82, 2.24) is 4.90 Å². The highest BCUT2D eigenvalue weighted by atomic mass is 32.2. The summed E-state index contributed by atoms with van der Waals surface area (Å²) < 4.78 is 5.59. The van der Waals surface area contributed by atoms with Crippen molar-refractivity contribution >= 4 is 57.8 Å². The van der Waals surface area contributed by atoms with E-state index in [0.717, 1.165) is 11.3 Å². The van der Waals surface area contributed by atoms with Gasteiger partial charge in [0.2, 0.25) is 5.91 Å². The van der Waals surface area contributed by atoms with Crippen LogP contribution in [0.3, 0.4) is 0 Å². The fraction of sp³-hybridized carbons (Fsp3) is 0.182. The van der Waals surface area contributed by atoms with Crippen molar-refractivity contribution in [3.05, 3.63) is 64.6 Å². The van der Waals surface area contributed by atoms with Crippen LogP contribution in [0.15, 0.2) is 53.4 Å². The van der Waals surface area contributed by atoms with Crippen LogP contribution in [0, 0.1) is 0 Å². The van der Waals surface area contributed by atoms with Gasteiger partial charge in [0.25, 0.3) is 5.91 Å². The molecule has 0 aliphatic carbocycles. The number of thiocarbonyl (C=S) groups is 1. The van der Waals surface area contributed by atoms with E-state index in [1.165, 1.54) is 28.8 Å². The standard InChI is InChI=1S/C22H20N2O5S2/c1-29-17-9-7-14(8-10-17)12-18-20(26)24(22(30)31-18)11-3-6-19(25)23-16-5-2-4-15(13-16)21(27)28/h2,4-5,7-10,12-13H,3,6,11H2,1H3,(H,23,25)(H,27,28)/b18-12-. The zero-order chi connectivity index (χ0) is 22.4. The lowest BCUT2D eigenvalue weighted by atomic mass is 10.2. The summed E-state index contributed by atoms with van der Waals surface area (Å²) >= 11 is 6.56. The van der Waals surface area contributed by atoms with Crippen molar-refractivity contribution in [2.75, 3.05) is 19.0 Å². The maximum Gasteiger partial charge on any atom is 0.335 e. The molecule has 0 aromatic heterocycles. The molecule has 0 atom stereocenters. The third-order valence-electron chi connectivity index (χ3n) is 4.47. The summed E-state index contributed by atoms with van der Waals surface area (Å²) in [7, 11) is 1.59. The normalized spacial score (nSPS) is 14.7. The van der Waals surface area contributed by atoms with Gasteiger partial charge in [-0.15, -0.1) is 0 Å². The third kappa shape index (κ3) is 5.93. The van der Waals surface area contributed by atoms with Crippen LogP contribution < -0.4 is 10.1 Å². The minimum Gasteiger partial charge on any atom is -0.497 e. The highest BCUT2D eigenvalue weighted by Crippen LogP contribution is 2.33. The number of rotatable bonds is 8. The highest BCUT2D eigenvalue weighted by Gasteiger charge is 2.31. The molecule has 0 spiro atoms. The largest absolute Gasteiger partial charge is 0.497 e. The van der Waals surface area contributed by atoms with Crippen molar-refractivity contribution < 1.29 is 24.2 Å². The Kier molecular flexibility index (Phi) is 7.43. The lowest BCUT2D eigenvalue weighted by molar-refractivity contribution is -0.122. The van der Waals surface area contributed by atoms with Gasteiger partial charge in [0, 0.05) is 18.7 Å². The number of benzene rings is 2. The number of aromatic carboxylic acids is 1.